The zero-order valence-corrected chi connectivity index (χ0v) is 11.8. The minimum absolute atomic E-state index is 0.289. The summed E-state index contributed by atoms with van der Waals surface area (Å²) in [4.78, 5) is 11.5. The van der Waals surface area contributed by atoms with Crippen LogP contribution in [0.1, 0.15) is 29.8 Å². The summed E-state index contributed by atoms with van der Waals surface area (Å²) < 4.78 is 6.83. The zero-order chi connectivity index (χ0) is 14.4. The molecule has 0 saturated carbocycles. The Kier molecular flexibility index (Phi) is 4.76. The Morgan fingerprint density at radius 1 is 1.30 bits per heavy atom. The first-order valence-corrected chi connectivity index (χ1v) is 6.75. The average molecular weight is 273 g/mol. The van der Waals surface area contributed by atoms with Crippen LogP contribution in [0.4, 0.5) is 5.69 Å². The summed E-state index contributed by atoms with van der Waals surface area (Å²) in [6.45, 7) is 5.82. The molecular formula is C15H19N3O2. The molecule has 0 fully saturated rings. The van der Waals surface area contributed by atoms with E-state index >= 15 is 0 Å². The van der Waals surface area contributed by atoms with Gasteiger partial charge in [-0.2, -0.15) is 5.10 Å². The maximum Gasteiger partial charge on any atom is 0.338 e. The van der Waals surface area contributed by atoms with Crippen LogP contribution >= 0.6 is 0 Å². The summed E-state index contributed by atoms with van der Waals surface area (Å²) in [7, 11) is 0. The lowest BCUT2D eigenvalue weighted by atomic mass is 10.2. The van der Waals surface area contributed by atoms with E-state index in [1.54, 1.807) is 19.1 Å². The molecule has 0 aliphatic rings. The van der Waals surface area contributed by atoms with Gasteiger partial charge in [-0.05, 0) is 38.1 Å². The summed E-state index contributed by atoms with van der Waals surface area (Å²) >= 11 is 0. The van der Waals surface area contributed by atoms with Crippen LogP contribution < -0.4 is 5.32 Å². The first-order valence-electron chi connectivity index (χ1n) is 6.75. The van der Waals surface area contributed by atoms with Crippen LogP contribution in [0.25, 0.3) is 0 Å². The van der Waals surface area contributed by atoms with E-state index in [1.165, 1.54) is 0 Å². The van der Waals surface area contributed by atoms with Crippen LogP contribution in [0.3, 0.4) is 0 Å². The SMILES string of the molecule is CCOC(=O)c1ccc(NCc2cnn(CC)c2)cc1. The molecule has 0 aliphatic carbocycles. The van der Waals surface area contributed by atoms with Gasteiger partial charge in [0.25, 0.3) is 0 Å². The molecule has 0 saturated heterocycles. The molecule has 0 radical (unpaired) electrons. The average Bonchev–Trinajstić information content (AvgIpc) is 2.94. The molecule has 0 unspecified atom stereocenters. The van der Waals surface area contributed by atoms with Crippen molar-refractivity contribution < 1.29 is 9.53 Å². The highest BCUT2D eigenvalue weighted by Gasteiger charge is 2.05. The Labute approximate surface area is 118 Å². The van der Waals surface area contributed by atoms with Gasteiger partial charge >= 0.3 is 5.97 Å². The second-order valence-corrected chi connectivity index (χ2v) is 4.36. The second kappa shape index (κ2) is 6.75. The molecule has 1 heterocycles. The highest BCUT2D eigenvalue weighted by Crippen LogP contribution is 2.12. The molecule has 5 heteroatoms. The van der Waals surface area contributed by atoms with Crippen LogP contribution in [-0.2, 0) is 17.8 Å². The fourth-order valence-electron chi connectivity index (χ4n) is 1.81. The van der Waals surface area contributed by atoms with E-state index in [0.29, 0.717) is 18.7 Å². The normalized spacial score (nSPS) is 10.3. The molecule has 0 atom stereocenters. The summed E-state index contributed by atoms with van der Waals surface area (Å²) in [5.74, 6) is -0.289. The summed E-state index contributed by atoms with van der Waals surface area (Å²) in [6, 6.07) is 7.26. The molecule has 5 nitrogen and oxygen atoms in total. The van der Waals surface area contributed by atoms with Crippen molar-refractivity contribution >= 4 is 11.7 Å². The molecule has 0 spiro atoms. The molecule has 20 heavy (non-hydrogen) atoms. The molecule has 1 N–H and O–H groups in total. The van der Waals surface area contributed by atoms with Crippen molar-refractivity contribution in [2.75, 3.05) is 11.9 Å². The van der Waals surface area contributed by atoms with E-state index in [0.717, 1.165) is 17.8 Å². The van der Waals surface area contributed by atoms with Crippen LogP contribution in [-0.4, -0.2) is 22.4 Å². The molecule has 1 aromatic heterocycles. The molecule has 0 aliphatic heterocycles. The molecule has 1 aromatic carbocycles. The third kappa shape index (κ3) is 3.60. The quantitative estimate of drug-likeness (QED) is 0.822. The first-order chi connectivity index (χ1) is 9.72. The molecule has 2 rings (SSSR count). The number of rotatable bonds is 6. The predicted molar refractivity (Wildman–Crippen MR) is 77.6 cm³/mol. The van der Waals surface area contributed by atoms with Crippen LogP contribution in [0.15, 0.2) is 36.7 Å². The number of carbonyl (C=O) groups excluding carboxylic acids is 1. The van der Waals surface area contributed by atoms with Gasteiger partial charge in [0.2, 0.25) is 0 Å². The number of ether oxygens (including phenoxy) is 1. The lowest BCUT2D eigenvalue weighted by Gasteiger charge is -2.06. The zero-order valence-electron chi connectivity index (χ0n) is 11.8. The number of aromatic nitrogens is 2. The van der Waals surface area contributed by atoms with Gasteiger partial charge in [0.15, 0.2) is 0 Å². The molecule has 0 amide bonds. The fourth-order valence-corrected chi connectivity index (χ4v) is 1.81. The van der Waals surface area contributed by atoms with Gasteiger partial charge in [-0.3, -0.25) is 4.68 Å². The van der Waals surface area contributed by atoms with Gasteiger partial charge in [0, 0.05) is 30.5 Å². The van der Waals surface area contributed by atoms with Crippen molar-refractivity contribution in [1.29, 1.82) is 0 Å². The minimum atomic E-state index is -0.289. The summed E-state index contributed by atoms with van der Waals surface area (Å²) in [5.41, 5.74) is 2.65. The van der Waals surface area contributed by atoms with E-state index in [4.69, 9.17) is 4.74 Å². The van der Waals surface area contributed by atoms with Crippen molar-refractivity contribution in [3.05, 3.63) is 47.8 Å². The third-order valence-corrected chi connectivity index (χ3v) is 2.90. The Bertz CT molecular complexity index is 561. The standard InChI is InChI=1S/C15H19N3O2/c1-3-18-11-12(10-17-18)9-16-14-7-5-13(6-8-14)15(19)20-4-2/h5-8,10-11,16H,3-4,9H2,1-2H3. The lowest BCUT2D eigenvalue weighted by Crippen LogP contribution is -2.05. The van der Waals surface area contributed by atoms with Gasteiger partial charge < -0.3 is 10.1 Å². The Morgan fingerprint density at radius 2 is 2.05 bits per heavy atom. The number of anilines is 1. The van der Waals surface area contributed by atoms with E-state index in [9.17, 15) is 4.79 Å². The minimum Gasteiger partial charge on any atom is -0.462 e. The van der Waals surface area contributed by atoms with E-state index in [1.807, 2.05) is 29.2 Å². The predicted octanol–water partition coefficient (Wildman–Crippen LogP) is 2.69. The van der Waals surface area contributed by atoms with E-state index in [-0.39, 0.29) is 5.97 Å². The third-order valence-electron chi connectivity index (χ3n) is 2.90. The van der Waals surface area contributed by atoms with Crippen molar-refractivity contribution in [1.82, 2.24) is 9.78 Å². The number of nitrogens with one attached hydrogen (secondary N) is 1. The Balaban J connectivity index is 1.92. The number of carbonyl (C=O) groups is 1. The first kappa shape index (κ1) is 14.1. The highest BCUT2D eigenvalue weighted by molar-refractivity contribution is 5.89. The summed E-state index contributed by atoms with van der Waals surface area (Å²) in [5, 5.41) is 7.51. The maximum atomic E-state index is 11.5. The number of esters is 1. The van der Waals surface area contributed by atoms with Crippen LogP contribution in [0, 0.1) is 0 Å². The largest absolute Gasteiger partial charge is 0.462 e. The van der Waals surface area contributed by atoms with Gasteiger partial charge in [-0.1, -0.05) is 0 Å². The van der Waals surface area contributed by atoms with Gasteiger partial charge in [0.05, 0.1) is 18.4 Å². The monoisotopic (exact) mass is 273 g/mol. The van der Waals surface area contributed by atoms with Crippen molar-refractivity contribution in [2.45, 2.75) is 26.9 Å². The Morgan fingerprint density at radius 3 is 2.65 bits per heavy atom. The van der Waals surface area contributed by atoms with Gasteiger partial charge in [-0.15, -0.1) is 0 Å². The smallest absolute Gasteiger partial charge is 0.338 e. The molecule has 106 valence electrons. The molecular weight excluding hydrogens is 254 g/mol. The lowest BCUT2D eigenvalue weighted by molar-refractivity contribution is 0.0526. The maximum absolute atomic E-state index is 11.5. The van der Waals surface area contributed by atoms with Crippen LogP contribution in [0.2, 0.25) is 0 Å². The van der Waals surface area contributed by atoms with Crippen LogP contribution in [0.5, 0.6) is 0 Å². The fraction of sp³-hybridized carbons (Fsp3) is 0.333. The molecule has 0 bridgehead atoms. The number of aryl methyl sites for hydroxylation is 1. The number of nitrogens with zero attached hydrogens (tertiary/aromatic N) is 2. The Hall–Kier alpha value is -2.30. The van der Waals surface area contributed by atoms with Gasteiger partial charge in [0.1, 0.15) is 0 Å². The number of hydrogen-bond acceptors (Lipinski definition) is 4. The highest BCUT2D eigenvalue weighted by atomic mass is 16.5. The van der Waals surface area contributed by atoms with E-state index < -0.39 is 0 Å². The van der Waals surface area contributed by atoms with Gasteiger partial charge in [-0.25, -0.2) is 4.79 Å². The van der Waals surface area contributed by atoms with Crippen molar-refractivity contribution in [2.24, 2.45) is 0 Å². The number of hydrogen-bond donors (Lipinski definition) is 1. The summed E-state index contributed by atoms with van der Waals surface area (Å²) in [6.07, 6.45) is 3.86. The van der Waals surface area contributed by atoms with Crippen molar-refractivity contribution in [3.8, 4) is 0 Å². The number of benzene rings is 1. The van der Waals surface area contributed by atoms with E-state index in [2.05, 4.69) is 17.3 Å². The van der Waals surface area contributed by atoms with Crippen molar-refractivity contribution in [3.63, 3.8) is 0 Å². The topological polar surface area (TPSA) is 56.1 Å². The molecule has 2 aromatic rings. The second-order valence-electron chi connectivity index (χ2n) is 4.36.